The molecule has 10 N–H and O–H groups in total. The summed E-state index contributed by atoms with van der Waals surface area (Å²) >= 11 is 0. The van der Waals surface area contributed by atoms with Gasteiger partial charge in [-0.15, -0.1) is 12.4 Å². The number of hydrogen-bond acceptors (Lipinski definition) is 7. The van der Waals surface area contributed by atoms with Crippen molar-refractivity contribution in [2.45, 2.75) is 56.3 Å². The molecule has 1 saturated carbocycles. The minimum atomic E-state index is -1.41. The number of amides is 4. The van der Waals surface area contributed by atoms with Crippen molar-refractivity contribution in [2.24, 2.45) is 22.4 Å². The van der Waals surface area contributed by atoms with E-state index in [1.807, 2.05) is 0 Å². The highest BCUT2D eigenvalue weighted by Gasteiger charge is 2.40. The van der Waals surface area contributed by atoms with E-state index in [0.717, 1.165) is 0 Å². The van der Waals surface area contributed by atoms with Crippen LogP contribution in [0.3, 0.4) is 0 Å². The van der Waals surface area contributed by atoms with Gasteiger partial charge in [0.15, 0.2) is 5.96 Å². The van der Waals surface area contributed by atoms with Crippen LogP contribution in [0, 0.1) is 5.92 Å². The highest BCUT2D eigenvalue weighted by Crippen LogP contribution is 2.27. The number of aliphatic hydroxyl groups is 1. The molecule has 1 aliphatic carbocycles. The van der Waals surface area contributed by atoms with Crippen molar-refractivity contribution >= 4 is 48.0 Å². The lowest BCUT2D eigenvalue weighted by Gasteiger charge is -2.23. The fourth-order valence-corrected chi connectivity index (χ4v) is 3.65. The second kappa shape index (κ2) is 12.8. The van der Waals surface area contributed by atoms with E-state index in [4.69, 9.17) is 16.6 Å². The van der Waals surface area contributed by atoms with Gasteiger partial charge in [0, 0.05) is 12.5 Å². The predicted octanol–water partition coefficient (Wildman–Crippen LogP) is -3.71. The molecule has 186 valence electrons. The van der Waals surface area contributed by atoms with Crippen molar-refractivity contribution < 1.29 is 34.2 Å². The van der Waals surface area contributed by atoms with Crippen LogP contribution in [-0.2, 0) is 24.0 Å². The Hall–Kier alpha value is -3.13. The molecule has 0 radical (unpaired) electrons. The van der Waals surface area contributed by atoms with Crippen molar-refractivity contribution in [3.05, 3.63) is 0 Å². The van der Waals surface area contributed by atoms with E-state index in [1.54, 1.807) is 0 Å². The number of carbonyl (C=O) groups excluding carboxylic acids is 4. The number of nitrogens with one attached hydrogen (secondary N) is 4. The fraction of sp³-hybridized carbons (Fsp3) is 0.667. The predicted molar refractivity (Wildman–Crippen MR) is 117 cm³/mol. The Morgan fingerprint density at radius 3 is 2.33 bits per heavy atom. The first-order valence-corrected chi connectivity index (χ1v) is 10.2. The summed E-state index contributed by atoms with van der Waals surface area (Å²) < 4.78 is 0. The van der Waals surface area contributed by atoms with Gasteiger partial charge in [-0.1, -0.05) is 0 Å². The summed E-state index contributed by atoms with van der Waals surface area (Å²) in [7, 11) is 0. The Morgan fingerprint density at radius 1 is 1.00 bits per heavy atom. The van der Waals surface area contributed by atoms with Gasteiger partial charge in [0.25, 0.3) is 0 Å². The molecule has 2 rings (SSSR count). The SMILES string of the molecule is Cl.NC(N)=NCCC[C@@H]1NC(=O)[C@@H]2C[C@H](NC(=O)[C@H](CC(=O)O)NC(=O)CNC1=O)[C@@H](O)C2. The van der Waals surface area contributed by atoms with Gasteiger partial charge >= 0.3 is 5.97 Å². The van der Waals surface area contributed by atoms with Crippen molar-refractivity contribution in [1.29, 1.82) is 0 Å². The van der Waals surface area contributed by atoms with E-state index in [2.05, 4.69) is 26.3 Å². The molecule has 15 heteroatoms. The summed E-state index contributed by atoms with van der Waals surface area (Å²) in [5.41, 5.74) is 10.5. The van der Waals surface area contributed by atoms with Crippen LogP contribution in [0.5, 0.6) is 0 Å². The number of guanidine groups is 1. The number of nitrogens with zero attached hydrogens (tertiary/aromatic N) is 1. The molecule has 1 aliphatic heterocycles. The Kier molecular flexibility index (Phi) is 10.8. The molecule has 1 heterocycles. The molecule has 1 saturated heterocycles. The number of nitrogens with two attached hydrogens (primary N) is 2. The first-order valence-electron chi connectivity index (χ1n) is 10.2. The number of carbonyl (C=O) groups is 5. The number of carboxylic acids is 1. The molecule has 0 spiro atoms. The monoisotopic (exact) mass is 491 g/mol. The van der Waals surface area contributed by atoms with E-state index in [0.29, 0.717) is 6.42 Å². The van der Waals surface area contributed by atoms with Crippen LogP contribution >= 0.6 is 12.4 Å². The lowest BCUT2D eigenvalue weighted by Crippen LogP contribution is -2.55. The third-order valence-corrected chi connectivity index (χ3v) is 5.26. The maximum absolute atomic E-state index is 12.7. The van der Waals surface area contributed by atoms with Gasteiger partial charge in [-0.25, -0.2) is 0 Å². The summed E-state index contributed by atoms with van der Waals surface area (Å²) in [5, 5.41) is 29.1. The maximum Gasteiger partial charge on any atom is 0.305 e. The van der Waals surface area contributed by atoms with Gasteiger partial charge in [0.05, 0.1) is 25.1 Å². The van der Waals surface area contributed by atoms with Crippen molar-refractivity contribution in [1.82, 2.24) is 21.3 Å². The molecule has 0 aromatic rings. The number of rotatable bonds is 6. The Balaban J connectivity index is 0.00000544. The van der Waals surface area contributed by atoms with E-state index in [9.17, 15) is 29.1 Å². The second-order valence-electron chi connectivity index (χ2n) is 7.80. The maximum atomic E-state index is 12.7. The van der Waals surface area contributed by atoms with E-state index in [-0.39, 0.29) is 44.2 Å². The standard InChI is InChI=1S/C18H29N7O7.ClH/c19-18(20)21-3-1-2-9-16(31)22-7-13(27)23-11(6-14(28)29)17(32)25-10-4-8(5-12(10)26)15(30)24-9;/h8-12,26H,1-7H2,(H,22,31)(H,23,27)(H,24,30)(H,25,32)(H,28,29)(H4,19,20,21);1H/t8-,9+,10+,11+,12+;/m1./s1. The summed E-state index contributed by atoms with van der Waals surface area (Å²) in [6, 6.07) is -3.19. The lowest BCUT2D eigenvalue weighted by atomic mass is 10.0. The molecular weight excluding hydrogens is 462 g/mol. The lowest BCUT2D eigenvalue weighted by molar-refractivity contribution is -0.141. The van der Waals surface area contributed by atoms with Gasteiger partial charge in [0.2, 0.25) is 23.6 Å². The quantitative estimate of drug-likeness (QED) is 0.103. The Labute approximate surface area is 195 Å². The molecule has 33 heavy (non-hydrogen) atoms. The zero-order valence-electron chi connectivity index (χ0n) is 17.8. The van der Waals surface area contributed by atoms with Crippen LogP contribution in [0.15, 0.2) is 4.99 Å². The average Bonchev–Trinajstić information content (AvgIpc) is 3.07. The highest BCUT2D eigenvalue weighted by molar-refractivity contribution is 5.94. The molecule has 2 aliphatic rings. The fourth-order valence-electron chi connectivity index (χ4n) is 3.65. The van der Waals surface area contributed by atoms with Gasteiger partial charge < -0.3 is 42.9 Å². The van der Waals surface area contributed by atoms with Crippen molar-refractivity contribution in [3.8, 4) is 0 Å². The van der Waals surface area contributed by atoms with Crippen LogP contribution < -0.4 is 32.7 Å². The first-order chi connectivity index (χ1) is 15.1. The molecule has 0 aromatic heterocycles. The van der Waals surface area contributed by atoms with E-state index >= 15 is 0 Å². The zero-order chi connectivity index (χ0) is 23.8. The van der Waals surface area contributed by atoms with E-state index in [1.165, 1.54) is 0 Å². The van der Waals surface area contributed by atoms with Gasteiger partial charge in [-0.2, -0.15) is 0 Å². The van der Waals surface area contributed by atoms with Crippen LogP contribution in [0.1, 0.15) is 32.1 Å². The number of aliphatic imine (C=N–C) groups is 1. The Bertz CT molecular complexity index is 790. The van der Waals surface area contributed by atoms with Crippen LogP contribution in [0.25, 0.3) is 0 Å². The normalized spacial score (nSPS) is 28.2. The molecule has 2 fully saturated rings. The molecule has 14 nitrogen and oxygen atoms in total. The molecular formula is C18H30ClN7O7. The molecule has 4 amide bonds. The van der Waals surface area contributed by atoms with Crippen LogP contribution in [-0.4, -0.2) is 83.1 Å². The molecule has 0 aromatic carbocycles. The molecule has 5 atom stereocenters. The van der Waals surface area contributed by atoms with Gasteiger partial charge in [-0.3, -0.25) is 29.0 Å². The molecule has 0 unspecified atom stereocenters. The van der Waals surface area contributed by atoms with Gasteiger partial charge in [0.1, 0.15) is 12.1 Å². The van der Waals surface area contributed by atoms with Crippen LogP contribution in [0.4, 0.5) is 0 Å². The largest absolute Gasteiger partial charge is 0.481 e. The summed E-state index contributed by atoms with van der Waals surface area (Å²) in [5.74, 6) is -4.79. The smallest absolute Gasteiger partial charge is 0.305 e. The second-order valence-corrected chi connectivity index (χ2v) is 7.80. The van der Waals surface area contributed by atoms with Crippen molar-refractivity contribution in [3.63, 3.8) is 0 Å². The number of hydrogen-bond donors (Lipinski definition) is 8. The third kappa shape index (κ3) is 8.73. The van der Waals surface area contributed by atoms with Gasteiger partial charge in [-0.05, 0) is 25.7 Å². The highest BCUT2D eigenvalue weighted by atomic mass is 35.5. The minimum absolute atomic E-state index is 0. The number of aliphatic hydroxyl groups excluding tert-OH is 1. The van der Waals surface area contributed by atoms with Crippen LogP contribution in [0.2, 0.25) is 0 Å². The summed E-state index contributed by atoms with van der Waals surface area (Å²) in [6.45, 7) is -0.298. The number of carboxylic acid groups (broad SMARTS) is 1. The number of halogens is 1. The summed E-state index contributed by atoms with van der Waals surface area (Å²) in [4.78, 5) is 64.9. The topological polar surface area (TPSA) is 238 Å². The third-order valence-electron chi connectivity index (χ3n) is 5.26. The Morgan fingerprint density at radius 2 is 1.70 bits per heavy atom. The number of aliphatic carboxylic acids is 1. The summed E-state index contributed by atoms with van der Waals surface area (Å²) in [6.07, 6.45) is -1.03. The number of fused-ring (bicyclic) bond motifs is 2. The zero-order valence-corrected chi connectivity index (χ0v) is 18.6. The van der Waals surface area contributed by atoms with E-state index < -0.39 is 72.7 Å². The molecule has 2 bridgehead atoms. The minimum Gasteiger partial charge on any atom is -0.481 e. The average molecular weight is 492 g/mol. The van der Waals surface area contributed by atoms with Crippen molar-refractivity contribution in [2.75, 3.05) is 13.1 Å². The first kappa shape index (κ1) is 27.9.